The van der Waals surface area contributed by atoms with Crippen LogP contribution in [0.2, 0.25) is 0 Å². The predicted molar refractivity (Wildman–Crippen MR) is 75.0 cm³/mol. The Kier molecular flexibility index (Phi) is 4.83. The van der Waals surface area contributed by atoms with E-state index in [0.717, 1.165) is 17.9 Å². The zero-order valence-electron chi connectivity index (χ0n) is 11.2. The molecule has 0 aliphatic carbocycles. The second-order valence-electron chi connectivity index (χ2n) is 5.18. The Labute approximate surface area is 124 Å². The Balaban J connectivity index is 1.91. The lowest BCUT2D eigenvalue weighted by atomic mass is 10.0. The average molecular weight is 319 g/mol. The Bertz CT molecular complexity index is 513. The van der Waals surface area contributed by atoms with Crippen LogP contribution in [0.25, 0.3) is 0 Å². The number of thioether (sulfide) groups is 1. The number of amides is 1. The molecule has 0 spiro atoms. The molecule has 3 nitrogen and oxygen atoms in total. The van der Waals surface area contributed by atoms with Crippen LogP contribution < -0.4 is 5.32 Å². The normalized spacial score (nSPS) is 22.3. The molecule has 1 heterocycles. The molecule has 2 N–H and O–H groups in total. The minimum absolute atomic E-state index is 0.132. The smallest absolute Gasteiger partial charge is 0.387 e. The van der Waals surface area contributed by atoms with Gasteiger partial charge in [0.05, 0.1) is 17.6 Å². The molecule has 0 aromatic heterocycles. The average Bonchev–Trinajstić information content (AvgIpc) is 2.83. The first kappa shape index (κ1) is 16.2. The van der Waals surface area contributed by atoms with Crippen LogP contribution in [0, 0.1) is 0 Å². The van der Waals surface area contributed by atoms with Crippen LogP contribution in [0.15, 0.2) is 24.3 Å². The number of nitrogens with one attached hydrogen (secondary N) is 1. The Hall–Kier alpha value is -1.21. The van der Waals surface area contributed by atoms with Gasteiger partial charge in [0.25, 0.3) is 0 Å². The van der Waals surface area contributed by atoms with Crippen LogP contribution in [0.3, 0.4) is 0 Å². The van der Waals surface area contributed by atoms with Crippen molar-refractivity contribution < 1.29 is 23.1 Å². The van der Waals surface area contributed by atoms with Gasteiger partial charge < -0.3 is 10.4 Å². The van der Waals surface area contributed by atoms with E-state index in [1.165, 1.54) is 12.1 Å². The molecule has 1 aromatic carbocycles. The van der Waals surface area contributed by atoms with Gasteiger partial charge in [-0.25, -0.2) is 0 Å². The molecule has 116 valence electrons. The van der Waals surface area contributed by atoms with Crippen LogP contribution in [-0.2, 0) is 17.4 Å². The van der Waals surface area contributed by atoms with Gasteiger partial charge in [0.15, 0.2) is 0 Å². The summed E-state index contributed by atoms with van der Waals surface area (Å²) in [7, 11) is 0. The SMILES string of the molecule is O=C(Cc1cccc(C(F)(F)F)c1)NCC1(O)CCSC1. The van der Waals surface area contributed by atoms with E-state index in [0.29, 0.717) is 17.7 Å². The molecule has 0 saturated carbocycles. The summed E-state index contributed by atoms with van der Waals surface area (Å²) in [4.78, 5) is 11.8. The number of halogens is 3. The minimum atomic E-state index is -4.41. The first-order valence-electron chi connectivity index (χ1n) is 6.51. The predicted octanol–water partition coefficient (Wildman–Crippen LogP) is 2.23. The number of aliphatic hydroxyl groups is 1. The van der Waals surface area contributed by atoms with E-state index in [4.69, 9.17) is 0 Å². The molecule has 1 saturated heterocycles. The Morgan fingerprint density at radius 2 is 2.19 bits per heavy atom. The van der Waals surface area contributed by atoms with E-state index in [1.807, 2.05) is 0 Å². The Morgan fingerprint density at radius 3 is 2.81 bits per heavy atom. The van der Waals surface area contributed by atoms with E-state index >= 15 is 0 Å². The van der Waals surface area contributed by atoms with Gasteiger partial charge in [0.1, 0.15) is 0 Å². The van der Waals surface area contributed by atoms with Gasteiger partial charge >= 0.3 is 6.18 Å². The molecule has 1 aromatic rings. The molecule has 1 amide bonds. The molecular weight excluding hydrogens is 303 g/mol. The van der Waals surface area contributed by atoms with Crippen molar-refractivity contribution in [3.63, 3.8) is 0 Å². The van der Waals surface area contributed by atoms with Gasteiger partial charge in [0, 0.05) is 12.3 Å². The van der Waals surface area contributed by atoms with Gasteiger partial charge in [-0.2, -0.15) is 24.9 Å². The highest BCUT2D eigenvalue weighted by molar-refractivity contribution is 7.99. The maximum atomic E-state index is 12.6. The highest BCUT2D eigenvalue weighted by atomic mass is 32.2. The second-order valence-corrected chi connectivity index (χ2v) is 6.28. The summed E-state index contributed by atoms with van der Waals surface area (Å²) < 4.78 is 37.7. The van der Waals surface area contributed by atoms with Crippen molar-refractivity contribution in [2.45, 2.75) is 24.6 Å². The fourth-order valence-electron chi connectivity index (χ4n) is 2.10. The number of carbonyl (C=O) groups is 1. The summed E-state index contributed by atoms with van der Waals surface area (Å²) in [6, 6.07) is 4.71. The van der Waals surface area contributed by atoms with Crippen molar-refractivity contribution in [1.82, 2.24) is 5.32 Å². The number of hydrogen-bond donors (Lipinski definition) is 2. The van der Waals surface area contributed by atoms with E-state index in [9.17, 15) is 23.1 Å². The summed E-state index contributed by atoms with van der Waals surface area (Å²) in [6.07, 6.45) is -3.93. The third kappa shape index (κ3) is 4.64. The zero-order chi connectivity index (χ0) is 15.5. The largest absolute Gasteiger partial charge is 0.416 e. The van der Waals surface area contributed by atoms with Crippen molar-refractivity contribution >= 4 is 17.7 Å². The van der Waals surface area contributed by atoms with Gasteiger partial charge in [-0.1, -0.05) is 18.2 Å². The highest BCUT2D eigenvalue weighted by Gasteiger charge is 2.32. The van der Waals surface area contributed by atoms with Crippen LogP contribution in [-0.4, -0.2) is 34.7 Å². The van der Waals surface area contributed by atoms with Gasteiger partial charge in [-0.15, -0.1) is 0 Å². The fraction of sp³-hybridized carbons (Fsp3) is 0.500. The standard InChI is InChI=1S/C14H16F3NO2S/c15-14(16,17)11-3-1-2-10(6-11)7-12(19)18-8-13(20)4-5-21-9-13/h1-3,6,20H,4-5,7-9H2,(H,18,19). The van der Waals surface area contributed by atoms with E-state index in [1.54, 1.807) is 11.8 Å². The van der Waals surface area contributed by atoms with Crippen molar-refractivity contribution in [1.29, 1.82) is 0 Å². The number of hydrogen-bond acceptors (Lipinski definition) is 3. The lowest BCUT2D eigenvalue weighted by Crippen LogP contribution is -2.43. The van der Waals surface area contributed by atoms with Crippen molar-refractivity contribution in [2.24, 2.45) is 0 Å². The highest BCUT2D eigenvalue weighted by Crippen LogP contribution is 2.29. The lowest BCUT2D eigenvalue weighted by Gasteiger charge is -2.21. The fourth-order valence-corrected chi connectivity index (χ4v) is 3.40. The third-order valence-electron chi connectivity index (χ3n) is 3.32. The number of rotatable bonds is 4. The number of benzene rings is 1. The van der Waals surface area contributed by atoms with E-state index in [2.05, 4.69) is 5.32 Å². The third-order valence-corrected chi connectivity index (χ3v) is 4.55. The Morgan fingerprint density at radius 1 is 1.43 bits per heavy atom. The van der Waals surface area contributed by atoms with E-state index in [-0.39, 0.29) is 18.9 Å². The molecule has 21 heavy (non-hydrogen) atoms. The maximum Gasteiger partial charge on any atom is 0.416 e. The van der Waals surface area contributed by atoms with Crippen LogP contribution in [0.5, 0.6) is 0 Å². The van der Waals surface area contributed by atoms with Crippen LogP contribution in [0.1, 0.15) is 17.5 Å². The molecule has 1 atom stereocenters. The van der Waals surface area contributed by atoms with Crippen molar-refractivity contribution in [3.05, 3.63) is 35.4 Å². The molecule has 7 heteroatoms. The lowest BCUT2D eigenvalue weighted by molar-refractivity contribution is -0.137. The molecule has 1 aliphatic rings. The van der Waals surface area contributed by atoms with E-state index < -0.39 is 17.3 Å². The molecular formula is C14H16F3NO2S. The molecule has 1 unspecified atom stereocenters. The van der Waals surface area contributed by atoms with Crippen molar-refractivity contribution in [2.75, 3.05) is 18.1 Å². The van der Waals surface area contributed by atoms with Crippen LogP contribution >= 0.6 is 11.8 Å². The topological polar surface area (TPSA) is 49.3 Å². The molecule has 1 fully saturated rings. The summed E-state index contributed by atoms with van der Waals surface area (Å²) in [5.41, 5.74) is -1.36. The van der Waals surface area contributed by atoms with Crippen molar-refractivity contribution in [3.8, 4) is 0 Å². The first-order valence-corrected chi connectivity index (χ1v) is 7.67. The number of carbonyl (C=O) groups excluding carboxylic acids is 1. The van der Waals surface area contributed by atoms with Gasteiger partial charge in [-0.05, 0) is 23.8 Å². The van der Waals surface area contributed by atoms with Crippen LogP contribution in [0.4, 0.5) is 13.2 Å². The molecule has 2 rings (SSSR count). The maximum absolute atomic E-state index is 12.6. The minimum Gasteiger partial charge on any atom is -0.387 e. The quantitative estimate of drug-likeness (QED) is 0.895. The second kappa shape index (κ2) is 6.27. The first-order chi connectivity index (χ1) is 9.78. The summed E-state index contributed by atoms with van der Waals surface area (Å²) >= 11 is 1.62. The molecule has 0 radical (unpaired) electrons. The summed E-state index contributed by atoms with van der Waals surface area (Å²) in [5.74, 6) is 1.02. The molecule has 0 bridgehead atoms. The summed E-state index contributed by atoms with van der Waals surface area (Å²) in [5, 5.41) is 12.7. The monoisotopic (exact) mass is 319 g/mol. The molecule has 1 aliphatic heterocycles. The van der Waals surface area contributed by atoms with Gasteiger partial charge in [-0.3, -0.25) is 4.79 Å². The number of alkyl halides is 3. The summed E-state index contributed by atoms with van der Waals surface area (Å²) in [6.45, 7) is 0.137. The van der Waals surface area contributed by atoms with Gasteiger partial charge in [0.2, 0.25) is 5.91 Å². The zero-order valence-corrected chi connectivity index (χ0v) is 12.1.